The molecule has 1 fully saturated rings. The number of piperidine rings is 1. The number of rotatable bonds is 4. The van der Waals surface area contributed by atoms with Crippen molar-refractivity contribution in [2.45, 2.75) is 37.3 Å². The van der Waals surface area contributed by atoms with Crippen molar-refractivity contribution in [1.82, 2.24) is 14.5 Å². The van der Waals surface area contributed by atoms with Crippen LogP contribution < -0.4 is 4.90 Å². The highest BCUT2D eigenvalue weighted by molar-refractivity contribution is 5.73. The number of para-hydroxylation sites is 1. The first-order valence-corrected chi connectivity index (χ1v) is 12.0. The maximum Gasteiger partial charge on any atom is 0.490 e. The zero-order valence-corrected chi connectivity index (χ0v) is 21.5. The number of anilines is 1. The number of aryl methyl sites for hydroxylation is 1. The van der Waals surface area contributed by atoms with E-state index in [0.29, 0.717) is 13.2 Å². The summed E-state index contributed by atoms with van der Waals surface area (Å²) in [5.74, 6) is -4.41. The minimum atomic E-state index is -5.08. The van der Waals surface area contributed by atoms with E-state index < -0.39 is 24.3 Å². The first-order valence-electron chi connectivity index (χ1n) is 12.0. The second kappa shape index (κ2) is 13.8. The summed E-state index contributed by atoms with van der Waals surface area (Å²) in [6.07, 6.45) is -4.33. The number of ether oxygens (including phenoxy) is 1. The van der Waals surface area contributed by atoms with E-state index in [1.807, 2.05) is 19.4 Å². The van der Waals surface area contributed by atoms with E-state index in [2.05, 4.69) is 43.6 Å². The lowest BCUT2D eigenvalue weighted by molar-refractivity contribution is -0.193. The number of carboxylic acid groups (broad SMARTS) is 2. The van der Waals surface area contributed by atoms with Gasteiger partial charge in [0, 0.05) is 56.9 Å². The van der Waals surface area contributed by atoms with E-state index in [-0.39, 0.29) is 12.2 Å². The van der Waals surface area contributed by atoms with Gasteiger partial charge < -0.3 is 29.5 Å². The molecule has 3 N–H and O–H groups in total. The summed E-state index contributed by atoms with van der Waals surface area (Å²) in [5.41, 5.74) is 2.29. The molecule has 1 saturated heterocycles. The van der Waals surface area contributed by atoms with E-state index in [9.17, 15) is 31.4 Å². The third kappa shape index (κ3) is 9.09. The van der Waals surface area contributed by atoms with Crippen molar-refractivity contribution >= 4 is 17.6 Å². The van der Waals surface area contributed by atoms with E-state index in [1.54, 1.807) is 0 Å². The van der Waals surface area contributed by atoms with Crippen LogP contribution in [0.2, 0.25) is 0 Å². The molecule has 4 rings (SSSR count). The van der Waals surface area contributed by atoms with E-state index in [1.165, 1.54) is 11.3 Å². The van der Waals surface area contributed by atoms with Crippen LogP contribution in [0.1, 0.15) is 24.2 Å². The third-order valence-electron chi connectivity index (χ3n) is 6.28. The van der Waals surface area contributed by atoms with E-state index in [4.69, 9.17) is 24.5 Å². The van der Waals surface area contributed by atoms with Gasteiger partial charge in [0.15, 0.2) is 0 Å². The number of carbonyl (C=O) groups is 2. The lowest BCUT2D eigenvalue weighted by Crippen LogP contribution is -2.44. The van der Waals surface area contributed by atoms with Crippen LogP contribution in [-0.2, 0) is 33.5 Å². The molecule has 3 heterocycles. The topological polar surface area (TPSA) is 128 Å². The second-order valence-corrected chi connectivity index (χ2v) is 8.91. The summed E-state index contributed by atoms with van der Waals surface area (Å²) >= 11 is 0. The zero-order chi connectivity index (χ0) is 30.1. The highest BCUT2D eigenvalue weighted by Crippen LogP contribution is 2.43. The average Bonchev–Trinajstić information content (AvgIpc) is 3.21. The normalized spacial score (nSPS) is 17.1. The van der Waals surface area contributed by atoms with Gasteiger partial charge in [-0.1, -0.05) is 18.2 Å². The number of imidazole rings is 1. The van der Waals surface area contributed by atoms with Gasteiger partial charge in [0.05, 0.1) is 25.4 Å². The molecule has 224 valence electrons. The Kier molecular flexibility index (Phi) is 11.3. The van der Waals surface area contributed by atoms with Gasteiger partial charge in [0.1, 0.15) is 5.82 Å². The maximum atomic E-state index is 10.6. The molecule has 0 atom stereocenters. The van der Waals surface area contributed by atoms with Crippen molar-refractivity contribution < 1.29 is 56.0 Å². The molecule has 2 aliphatic rings. The van der Waals surface area contributed by atoms with Crippen LogP contribution in [0, 0.1) is 0 Å². The molecule has 16 heteroatoms. The number of β-amino-alcohol motifs (C(OH)–C–C–N with tert-alkyl or cyclic N) is 1. The number of nitrogens with zero attached hydrogens (tertiary/aromatic N) is 4. The Morgan fingerprint density at radius 3 is 2.02 bits per heavy atom. The van der Waals surface area contributed by atoms with Crippen molar-refractivity contribution in [1.29, 1.82) is 0 Å². The van der Waals surface area contributed by atoms with Crippen LogP contribution in [0.4, 0.5) is 32.0 Å². The molecule has 0 amide bonds. The quantitative estimate of drug-likeness (QED) is 0.465. The molecule has 0 saturated carbocycles. The van der Waals surface area contributed by atoms with Crippen molar-refractivity contribution in [2.24, 2.45) is 7.05 Å². The number of aliphatic hydroxyl groups excluding tert-OH is 1. The number of fused-ring (bicyclic) bond motifs is 2. The van der Waals surface area contributed by atoms with Crippen LogP contribution in [0.15, 0.2) is 36.7 Å². The highest BCUT2D eigenvalue weighted by Gasteiger charge is 2.41. The fourth-order valence-corrected chi connectivity index (χ4v) is 4.27. The SMILES string of the molecule is Cn1ccnc1CN1CCC2(CC1)OCCN(CCO)c1ccccc12.O=C(O)C(F)(F)F.O=C(O)C(F)(F)F. The van der Waals surface area contributed by atoms with Crippen molar-refractivity contribution in [3.63, 3.8) is 0 Å². The van der Waals surface area contributed by atoms with Crippen LogP contribution >= 0.6 is 0 Å². The molecule has 2 aliphatic heterocycles. The van der Waals surface area contributed by atoms with Gasteiger partial charge in [-0.15, -0.1) is 0 Å². The number of likely N-dealkylation sites (tertiary alicyclic amines) is 1. The smallest absolute Gasteiger partial charge is 0.475 e. The van der Waals surface area contributed by atoms with Crippen LogP contribution in [-0.4, -0.2) is 93.5 Å². The summed E-state index contributed by atoms with van der Waals surface area (Å²) in [5, 5.41) is 23.7. The number of alkyl halides is 6. The molecular weight excluding hydrogens is 554 g/mol. The van der Waals surface area contributed by atoms with Gasteiger partial charge >= 0.3 is 24.3 Å². The van der Waals surface area contributed by atoms with E-state index >= 15 is 0 Å². The summed E-state index contributed by atoms with van der Waals surface area (Å²) in [6.45, 7) is 5.24. The molecule has 1 spiro atoms. The van der Waals surface area contributed by atoms with Gasteiger partial charge in [0.2, 0.25) is 0 Å². The minimum Gasteiger partial charge on any atom is -0.475 e. The average molecular weight is 585 g/mol. The molecule has 40 heavy (non-hydrogen) atoms. The summed E-state index contributed by atoms with van der Waals surface area (Å²) in [4.78, 5) is 27.0. The first-order chi connectivity index (χ1) is 18.6. The van der Waals surface area contributed by atoms with Crippen LogP contribution in [0.3, 0.4) is 0 Å². The molecule has 1 aromatic heterocycles. The number of benzene rings is 1. The number of carboxylic acids is 2. The predicted molar refractivity (Wildman–Crippen MR) is 128 cm³/mol. The zero-order valence-electron chi connectivity index (χ0n) is 21.5. The number of hydrogen-bond acceptors (Lipinski definition) is 7. The molecule has 0 bridgehead atoms. The number of aliphatic hydroxyl groups is 1. The third-order valence-corrected chi connectivity index (χ3v) is 6.28. The molecule has 2 aromatic rings. The lowest BCUT2D eigenvalue weighted by Gasteiger charge is -2.41. The monoisotopic (exact) mass is 584 g/mol. The summed E-state index contributed by atoms with van der Waals surface area (Å²) in [6, 6.07) is 8.56. The Balaban J connectivity index is 0.000000333. The second-order valence-electron chi connectivity index (χ2n) is 8.91. The Labute approximate surface area is 225 Å². The Hall–Kier alpha value is -3.37. The highest BCUT2D eigenvalue weighted by atomic mass is 19.4. The van der Waals surface area contributed by atoms with E-state index in [0.717, 1.165) is 44.8 Å². The maximum absolute atomic E-state index is 10.6. The predicted octanol–water partition coefficient (Wildman–Crippen LogP) is 3.01. The number of aromatic nitrogens is 2. The molecule has 10 nitrogen and oxygen atoms in total. The van der Waals surface area contributed by atoms with Crippen LogP contribution in [0.5, 0.6) is 0 Å². The van der Waals surface area contributed by atoms with Gasteiger partial charge in [0.25, 0.3) is 0 Å². The molecule has 0 unspecified atom stereocenters. The van der Waals surface area contributed by atoms with Gasteiger partial charge in [-0.3, -0.25) is 4.90 Å². The fourth-order valence-electron chi connectivity index (χ4n) is 4.27. The largest absolute Gasteiger partial charge is 0.490 e. The van der Waals surface area contributed by atoms with Crippen molar-refractivity contribution in [3.05, 3.63) is 48.0 Å². The van der Waals surface area contributed by atoms with Crippen LogP contribution in [0.25, 0.3) is 0 Å². The standard InChI is InChI=1S/C20H28N4O2.2C2HF3O2/c1-22-11-8-21-19(22)16-23-9-6-20(7-10-23)17-4-2-3-5-18(17)24(12-14-25)13-15-26-20;2*3-2(4,5)1(6)7/h2-5,8,11,25H,6-7,9-10,12-16H2,1H3;2*(H,6,7). The summed E-state index contributed by atoms with van der Waals surface area (Å²) in [7, 11) is 2.05. The number of aliphatic carboxylic acids is 2. The van der Waals surface area contributed by atoms with Crippen molar-refractivity contribution in [2.75, 3.05) is 44.3 Å². The molecular formula is C24H30F6N4O6. The summed E-state index contributed by atoms with van der Waals surface area (Å²) < 4.78 is 72.0. The Morgan fingerprint density at radius 1 is 1.00 bits per heavy atom. The fraction of sp³-hybridized carbons (Fsp3) is 0.542. The van der Waals surface area contributed by atoms with Gasteiger partial charge in [-0.05, 0) is 18.9 Å². The molecule has 0 aliphatic carbocycles. The first kappa shape index (κ1) is 32.8. The molecule has 0 radical (unpaired) electrons. The Bertz CT molecular complexity index is 1090. The van der Waals surface area contributed by atoms with Crippen molar-refractivity contribution in [3.8, 4) is 0 Å². The number of halogens is 6. The molecule has 1 aromatic carbocycles. The number of hydrogen-bond donors (Lipinski definition) is 3. The Morgan fingerprint density at radius 2 is 1.55 bits per heavy atom. The van der Waals surface area contributed by atoms with Gasteiger partial charge in [-0.2, -0.15) is 26.3 Å². The lowest BCUT2D eigenvalue weighted by atomic mass is 9.83. The minimum absolute atomic E-state index is 0.165. The van der Waals surface area contributed by atoms with Gasteiger partial charge in [-0.25, -0.2) is 14.6 Å².